The maximum Gasteiger partial charge on any atom is 0.414 e. The minimum absolute atomic E-state index is 0.0542. The van der Waals surface area contributed by atoms with E-state index >= 15 is 0 Å². The van der Waals surface area contributed by atoms with Crippen molar-refractivity contribution in [2.24, 2.45) is 0 Å². The molecule has 0 aliphatic carbocycles. The van der Waals surface area contributed by atoms with Gasteiger partial charge in [0, 0.05) is 42.4 Å². The molecule has 6 nitrogen and oxygen atoms in total. The van der Waals surface area contributed by atoms with Crippen LogP contribution in [0.5, 0.6) is 5.75 Å². The fourth-order valence-electron chi connectivity index (χ4n) is 4.21. The van der Waals surface area contributed by atoms with Gasteiger partial charge in [-0.15, -0.1) is 11.6 Å². The first-order valence-electron chi connectivity index (χ1n) is 11.3. The van der Waals surface area contributed by atoms with Crippen molar-refractivity contribution in [3.8, 4) is 5.75 Å². The van der Waals surface area contributed by atoms with Crippen LogP contribution in [0.3, 0.4) is 0 Å². The first-order chi connectivity index (χ1) is 16.2. The highest BCUT2D eigenvalue weighted by atomic mass is 35.5. The third-order valence-electron chi connectivity index (χ3n) is 5.58. The summed E-state index contributed by atoms with van der Waals surface area (Å²) in [6, 6.07) is 17.5. The lowest BCUT2D eigenvalue weighted by molar-refractivity contribution is -0.114. The van der Waals surface area contributed by atoms with Gasteiger partial charge in [-0.05, 0) is 49.4 Å². The van der Waals surface area contributed by atoms with Crippen LogP contribution in [-0.4, -0.2) is 30.0 Å². The lowest BCUT2D eigenvalue weighted by atomic mass is 9.95. The van der Waals surface area contributed by atoms with Gasteiger partial charge in [0.05, 0.1) is 5.69 Å². The number of amides is 2. The van der Waals surface area contributed by atoms with E-state index in [4.69, 9.17) is 21.1 Å². The van der Waals surface area contributed by atoms with Crippen LogP contribution in [0, 0.1) is 0 Å². The van der Waals surface area contributed by atoms with Crippen molar-refractivity contribution in [1.29, 1.82) is 0 Å². The summed E-state index contributed by atoms with van der Waals surface area (Å²) in [5.74, 6) is 0.774. The van der Waals surface area contributed by atoms with Gasteiger partial charge in [0.15, 0.2) is 0 Å². The van der Waals surface area contributed by atoms with E-state index in [0.717, 1.165) is 27.6 Å². The highest BCUT2D eigenvalue weighted by Gasteiger charge is 2.36. The maximum absolute atomic E-state index is 13.1. The average molecular weight is 481 g/mol. The number of hydrogen-bond acceptors (Lipinski definition) is 4. The molecule has 0 aromatic heterocycles. The van der Waals surface area contributed by atoms with Crippen molar-refractivity contribution in [3.05, 3.63) is 65.7 Å². The van der Waals surface area contributed by atoms with Gasteiger partial charge in [0.25, 0.3) is 0 Å². The zero-order valence-corrected chi connectivity index (χ0v) is 20.6. The number of rotatable bonds is 5. The summed E-state index contributed by atoms with van der Waals surface area (Å²) < 4.78 is 11.9. The van der Waals surface area contributed by atoms with Crippen LogP contribution in [0.25, 0.3) is 10.8 Å². The molecule has 0 radical (unpaired) electrons. The molecule has 34 heavy (non-hydrogen) atoms. The van der Waals surface area contributed by atoms with Gasteiger partial charge in [0.1, 0.15) is 18.0 Å². The quantitative estimate of drug-likeness (QED) is 0.426. The van der Waals surface area contributed by atoms with Gasteiger partial charge in [-0.25, -0.2) is 4.79 Å². The fourth-order valence-corrected chi connectivity index (χ4v) is 4.47. The van der Waals surface area contributed by atoms with Gasteiger partial charge in [-0.2, -0.15) is 0 Å². The molecule has 178 valence electrons. The molecule has 1 atom stereocenters. The number of fused-ring (bicyclic) bond motifs is 3. The first-order valence-corrected chi connectivity index (χ1v) is 11.8. The van der Waals surface area contributed by atoms with E-state index in [9.17, 15) is 9.59 Å². The molecule has 1 aliphatic heterocycles. The number of halogens is 1. The molecule has 1 unspecified atom stereocenters. The summed E-state index contributed by atoms with van der Waals surface area (Å²) in [5, 5.41) is 4.62. The Morgan fingerprint density at radius 3 is 2.47 bits per heavy atom. The minimum atomic E-state index is -0.618. The monoisotopic (exact) mass is 480 g/mol. The zero-order valence-electron chi connectivity index (χ0n) is 19.9. The van der Waals surface area contributed by atoms with Crippen LogP contribution < -0.4 is 15.0 Å². The number of carbonyl (C=O) groups excluding carboxylic acids is 2. The Hall–Kier alpha value is -3.25. The van der Waals surface area contributed by atoms with Crippen LogP contribution in [-0.2, 0) is 16.1 Å². The van der Waals surface area contributed by atoms with Gasteiger partial charge in [-0.1, -0.05) is 36.4 Å². The topological polar surface area (TPSA) is 67.9 Å². The lowest BCUT2D eigenvalue weighted by Crippen LogP contribution is -2.36. The highest BCUT2D eigenvalue weighted by Crippen LogP contribution is 2.46. The van der Waals surface area contributed by atoms with Crippen molar-refractivity contribution in [2.45, 2.75) is 45.8 Å². The molecule has 4 rings (SSSR count). The van der Waals surface area contributed by atoms with Crippen LogP contribution in [0.2, 0.25) is 0 Å². The van der Waals surface area contributed by atoms with Crippen LogP contribution >= 0.6 is 11.6 Å². The zero-order chi connectivity index (χ0) is 24.5. The SMILES string of the molecule is CC(=O)Nc1ccc2c3c(cc(OCc4ccccc4)c2c1)N(C(=O)OC(C)(C)C)CC3CCl. The van der Waals surface area contributed by atoms with Gasteiger partial charge in [0.2, 0.25) is 5.91 Å². The number of anilines is 2. The van der Waals surface area contributed by atoms with Crippen molar-refractivity contribution in [1.82, 2.24) is 0 Å². The molecule has 1 N–H and O–H groups in total. The molecule has 2 amide bonds. The molecule has 0 spiro atoms. The molecule has 0 bridgehead atoms. The lowest BCUT2D eigenvalue weighted by Gasteiger charge is -2.25. The molecule has 0 saturated heterocycles. The summed E-state index contributed by atoms with van der Waals surface area (Å²) in [5.41, 5.74) is 2.80. The summed E-state index contributed by atoms with van der Waals surface area (Å²) in [6.45, 7) is 7.81. The van der Waals surface area contributed by atoms with E-state index in [2.05, 4.69) is 5.32 Å². The number of nitrogens with zero attached hydrogens (tertiary/aromatic N) is 1. The Morgan fingerprint density at radius 1 is 1.09 bits per heavy atom. The number of ether oxygens (including phenoxy) is 2. The molecule has 1 aliphatic rings. The fraction of sp³-hybridized carbons (Fsp3) is 0.333. The Bertz CT molecular complexity index is 1220. The maximum atomic E-state index is 13.1. The number of hydrogen-bond donors (Lipinski definition) is 1. The third-order valence-corrected chi connectivity index (χ3v) is 5.95. The standard InChI is InChI=1S/C27H29ClN2O4/c1-17(31)29-20-10-11-21-22(12-20)24(33-16-18-8-6-5-7-9-18)13-23-25(21)19(14-28)15-30(23)26(32)34-27(2,3)4/h5-13,19H,14-16H2,1-4H3,(H,29,31). The van der Waals surface area contributed by atoms with Crippen molar-refractivity contribution >= 4 is 45.7 Å². The summed E-state index contributed by atoms with van der Waals surface area (Å²) in [6.07, 6.45) is -0.412. The molecule has 1 heterocycles. The van der Waals surface area contributed by atoms with Crippen molar-refractivity contribution < 1.29 is 19.1 Å². The first kappa shape index (κ1) is 23.9. The largest absolute Gasteiger partial charge is 0.488 e. The Labute approximate surface area is 204 Å². The molecule has 0 saturated carbocycles. The van der Waals surface area contributed by atoms with E-state index in [1.807, 2.05) is 75.4 Å². The molecule has 3 aromatic carbocycles. The Balaban J connectivity index is 1.83. The molecule has 0 fully saturated rings. The molecule has 3 aromatic rings. The second-order valence-corrected chi connectivity index (χ2v) is 9.77. The van der Waals surface area contributed by atoms with E-state index < -0.39 is 11.7 Å². The van der Waals surface area contributed by atoms with E-state index in [0.29, 0.717) is 30.5 Å². The van der Waals surface area contributed by atoms with Gasteiger partial charge in [-0.3, -0.25) is 9.69 Å². The summed E-state index contributed by atoms with van der Waals surface area (Å²) in [4.78, 5) is 26.3. The van der Waals surface area contributed by atoms with Crippen LogP contribution in [0.4, 0.5) is 16.2 Å². The van der Waals surface area contributed by atoms with Crippen molar-refractivity contribution in [2.75, 3.05) is 22.6 Å². The van der Waals surface area contributed by atoms with E-state index in [-0.39, 0.29) is 11.8 Å². The predicted molar refractivity (Wildman–Crippen MR) is 136 cm³/mol. The van der Waals surface area contributed by atoms with E-state index in [1.54, 1.807) is 4.90 Å². The highest BCUT2D eigenvalue weighted by molar-refractivity contribution is 6.19. The number of carbonyl (C=O) groups is 2. The second-order valence-electron chi connectivity index (χ2n) is 9.47. The van der Waals surface area contributed by atoms with Crippen LogP contribution in [0.15, 0.2) is 54.6 Å². The Kier molecular flexibility index (Phi) is 6.71. The summed E-state index contributed by atoms with van der Waals surface area (Å²) >= 11 is 6.35. The normalized spacial score (nSPS) is 15.2. The Morgan fingerprint density at radius 2 is 1.82 bits per heavy atom. The third kappa shape index (κ3) is 5.12. The van der Waals surface area contributed by atoms with Gasteiger partial charge >= 0.3 is 6.09 Å². The smallest absolute Gasteiger partial charge is 0.414 e. The predicted octanol–water partition coefficient (Wildman–Crippen LogP) is 6.45. The summed E-state index contributed by atoms with van der Waals surface area (Å²) in [7, 11) is 0. The minimum Gasteiger partial charge on any atom is -0.488 e. The van der Waals surface area contributed by atoms with Crippen molar-refractivity contribution in [3.63, 3.8) is 0 Å². The van der Waals surface area contributed by atoms with Gasteiger partial charge < -0.3 is 14.8 Å². The number of alkyl halides is 1. The molecular formula is C27H29ClN2O4. The van der Waals surface area contributed by atoms with Crippen LogP contribution in [0.1, 0.15) is 44.7 Å². The second kappa shape index (κ2) is 9.55. The molecule has 7 heteroatoms. The number of benzene rings is 3. The number of nitrogens with one attached hydrogen (secondary N) is 1. The average Bonchev–Trinajstić information content (AvgIpc) is 3.15. The molecular weight excluding hydrogens is 452 g/mol. The van der Waals surface area contributed by atoms with E-state index in [1.165, 1.54) is 6.92 Å².